The van der Waals surface area contributed by atoms with Gasteiger partial charge in [0, 0.05) is 30.4 Å². The third kappa shape index (κ3) is 5.29. The second kappa shape index (κ2) is 9.72. The van der Waals surface area contributed by atoms with Crippen LogP contribution >= 0.6 is 11.6 Å². The number of nitrogens with zero attached hydrogens (tertiary/aromatic N) is 3. The van der Waals surface area contributed by atoms with Crippen LogP contribution in [0.4, 0.5) is 24.7 Å². The van der Waals surface area contributed by atoms with Crippen molar-refractivity contribution in [3.8, 4) is 5.75 Å². The standard InChI is InChI=1S/C20H20ClF3N4O4/c1-32-16-8-12(2-3-13(16)20(22,23)24)26-19(31)11-4-6-28(7-5-11)18-17(21)27-14(9-25-18)15(30)10-29/h2-4,8-9,15,29-30H,5-7,10H2,1H3,(H,26,31)/t15-/m0/s1. The number of carbonyl (C=O) groups excluding carboxylic acids is 1. The molecular weight excluding hydrogens is 453 g/mol. The summed E-state index contributed by atoms with van der Waals surface area (Å²) in [5, 5.41) is 21.2. The van der Waals surface area contributed by atoms with Gasteiger partial charge in [-0.1, -0.05) is 17.7 Å². The average molecular weight is 473 g/mol. The summed E-state index contributed by atoms with van der Waals surface area (Å²) in [5.41, 5.74) is -0.159. The number of methoxy groups -OCH3 is 1. The molecule has 12 heteroatoms. The molecule has 0 radical (unpaired) electrons. The van der Waals surface area contributed by atoms with E-state index in [0.717, 1.165) is 25.3 Å². The molecule has 8 nitrogen and oxygen atoms in total. The molecule has 3 rings (SSSR count). The minimum absolute atomic E-state index is 0.0492. The number of aromatic nitrogens is 2. The number of anilines is 2. The zero-order valence-corrected chi connectivity index (χ0v) is 17.6. The van der Waals surface area contributed by atoms with E-state index in [-0.39, 0.29) is 22.3 Å². The Morgan fingerprint density at radius 2 is 2.16 bits per heavy atom. The molecule has 0 saturated carbocycles. The normalized spacial score (nSPS) is 15.2. The minimum atomic E-state index is -4.57. The van der Waals surface area contributed by atoms with Gasteiger partial charge in [-0.25, -0.2) is 9.97 Å². The summed E-state index contributed by atoms with van der Waals surface area (Å²) >= 11 is 6.14. The van der Waals surface area contributed by atoms with Crippen LogP contribution in [0.5, 0.6) is 5.75 Å². The van der Waals surface area contributed by atoms with E-state index in [0.29, 0.717) is 30.9 Å². The van der Waals surface area contributed by atoms with Crippen LogP contribution in [0.1, 0.15) is 23.8 Å². The van der Waals surface area contributed by atoms with Gasteiger partial charge in [0.15, 0.2) is 11.0 Å². The number of amides is 1. The Labute approximate surface area is 186 Å². The van der Waals surface area contributed by atoms with Crippen molar-refractivity contribution in [1.82, 2.24) is 9.97 Å². The molecule has 1 aromatic heterocycles. The van der Waals surface area contributed by atoms with Gasteiger partial charge in [-0.2, -0.15) is 13.2 Å². The fourth-order valence-corrected chi connectivity index (χ4v) is 3.39. The molecule has 32 heavy (non-hydrogen) atoms. The maximum Gasteiger partial charge on any atom is 0.419 e. The summed E-state index contributed by atoms with van der Waals surface area (Å²) in [6.45, 7) is 0.182. The molecule has 172 valence electrons. The second-order valence-corrected chi connectivity index (χ2v) is 7.26. The van der Waals surface area contributed by atoms with Crippen molar-refractivity contribution in [1.29, 1.82) is 0 Å². The van der Waals surface area contributed by atoms with Crippen LogP contribution in [0.15, 0.2) is 36.0 Å². The van der Waals surface area contributed by atoms with E-state index in [1.165, 1.54) is 6.20 Å². The van der Waals surface area contributed by atoms with Crippen molar-refractivity contribution in [3.63, 3.8) is 0 Å². The average Bonchev–Trinajstić information content (AvgIpc) is 2.77. The first-order chi connectivity index (χ1) is 15.1. The lowest BCUT2D eigenvalue weighted by atomic mass is 10.1. The predicted molar refractivity (Wildman–Crippen MR) is 111 cm³/mol. The molecule has 1 atom stereocenters. The van der Waals surface area contributed by atoms with Crippen molar-refractivity contribution in [2.45, 2.75) is 18.7 Å². The van der Waals surface area contributed by atoms with Gasteiger partial charge in [0.1, 0.15) is 11.9 Å². The zero-order valence-electron chi connectivity index (χ0n) is 16.9. The Balaban J connectivity index is 1.68. The number of aliphatic hydroxyl groups is 2. The molecule has 0 unspecified atom stereocenters. The van der Waals surface area contributed by atoms with Gasteiger partial charge in [0.2, 0.25) is 0 Å². The van der Waals surface area contributed by atoms with E-state index in [1.807, 2.05) is 0 Å². The highest BCUT2D eigenvalue weighted by atomic mass is 35.5. The summed E-state index contributed by atoms with van der Waals surface area (Å²) in [6.07, 6.45) is -2.44. The SMILES string of the molecule is COc1cc(NC(=O)C2=CCN(c3ncc([C@@H](O)CO)nc3Cl)CC2)ccc1C(F)(F)F. The molecule has 1 aliphatic rings. The number of aliphatic hydroxyl groups excluding tert-OH is 2. The Morgan fingerprint density at radius 1 is 1.41 bits per heavy atom. The Morgan fingerprint density at radius 3 is 2.72 bits per heavy atom. The van der Waals surface area contributed by atoms with Gasteiger partial charge in [-0.3, -0.25) is 4.79 Å². The van der Waals surface area contributed by atoms with Gasteiger partial charge in [-0.05, 0) is 18.6 Å². The number of carbonyl (C=O) groups is 1. The zero-order chi connectivity index (χ0) is 23.5. The lowest BCUT2D eigenvalue weighted by Crippen LogP contribution is -2.32. The van der Waals surface area contributed by atoms with Crippen LogP contribution in [-0.2, 0) is 11.0 Å². The minimum Gasteiger partial charge on any atom is -0.496 e. The van der Waals surface area contributed by atoms with Gasteiger partial charge < -0.3 is 25.2 Å². The summed E-state index contributed by atoms with van der Waals surface area (Å²) in [5.74, 6) is -0.462. The highest BCUT2D eigenvalue weighted by Crippen LogP contribution is 2.37. The van der Waals surface area contributed by atoms with Crippen LogP contribution in [0, 0.1) is 0 Å². The highest BCUT2D eigenvalue weighted by molar-refractivity contribution is 6.31. The van der Waals surface area contributed by atoms with Crippen molar-refractivity contribution < 1.29 is 32.9 Å². The maximum absolute atomic E-state index is 13.0. The first kappa shape index (κ1) is 23.8. The van der Waals surface area contributed by atoms with E-state index < -0.39 is 30.4 Å². The number of hydrogen-bond donors (Lipinski definition) is 3. The van der Waals surface area contributed by atoms with E-state index in [1.54, 1.807) is 11.0 Å². The molecular formula is C20H20ClF3N4O4. The van der Waals surface area contributed by atoms with Crippen LogP contribution in [0.2, 0.25) is 5.15 Å². The quantitative estimate of drug-likeness (QED) is 0.593. The number of nitrogens with one attached hydrogen (secondary N) is 1. The van der Waals surface area contributed by atoms with E-state index in [2.05, 4.69) is 15.3 Å². The largest absolute Gasteiger partial charge is 0.496 e. The van der Waals surface area contributed by atoms with Crippen molar-refractivity contribution in [3.05, 3.63) is 52.5 Å². The van der Waals surface area contributed by atoms with Gasteiger partial charge in [-0.15, -0.1) is 0 Å². The number of benzene rings is 1. The fraction of sp³-hybridized carbons (Fsp3) is 0.350. The molecule has 0 aliphatic carbocycles. The third-order valence-corrected chi connectivity index (χ3v) is 5.06. The first-order valence-electron chi connectivity index (χ1n) is 9.46. The number of rotatable bonds is 6. The van der Waals surface area contributed by atoms with Gasteiger partial charge >= 0.3 is 6.18 Å². The fourth-order valence-electron chi connectivity index (χ4n) is 3.12. The van der Waals surface area contributed by atoms with E-state index in [4.69, 9.17) is 21.4 Å². The molecule has 3 N–H and O–H groups in total. The smallest absolute Gasteiger partial charge is 0.419 e. The molecule has 0 saturated heterocycles. The van der Waals surface area contributed by atoms with E-state index >= 15 is 0 Å². The van der Waals surface area contributed by atoms with Crippen molar-refractivity contribution >= 4 is 29.0 Å². The molecule has 1 amide bonds. The van der Waals surface area contributed by atoms with Crippen LogP contribution in [0.3, 0.4) is 0 Å². The van der Waals surface area contributed by atoms with Crippen molar-refractivity contribution in [2.24, 2.45) is 0 Å². The highest BCUT2D eigenvalue weighted by Gasteiger charge is 2.34. The molecule has 0 bridgehead atoms. The number of alkyl halides is 3. The molecule has 0 spiro atoms. The molecule has 2 aromatic rings. The molecule has 1 aliphatic heterocycles. The number of halogens is 4. The van der Waals surface area contributed by atoms with Crippen LogP contribution in [-0.4, -0.2) is 52.9 Å². The predicted octanol–water partition coefficient (Wildman–Crippen LogP) is 2.96. The summed E-state index contributed by atoms with van der Waals surface area (Å²) in [4.78, 5) is 22.5. The van der Waals surface area contributed by atoms with E-state index in [9.17, 15) is 23.1 Å². The third-order valence-electron chi connectivity index (χ3n) is 4.81. The first-order valence-corrected chi connectivity index (χ1v) is 9.83. The summed E-state index contributed by atoms with van der Waals surface area (Å²) < 4.78 is 43.7. The van der Waals surface area contributed by atoms with Gasteiger partial charge in [0.05, 0.1) is 31.2 Å². The topological polar surface area (TPSA) is 108 Å². The molecule has 1 aromatic carbocycles. The Bertz CT molecular complexity index is 1030. The van der Waals surface area contributed by atoms with Crippen molar-refractivity contribution in [2.75, 3.05) is 37.0 Å². The molecule has 2 heterocycles. The summed E-state index contributed by atoms with van der Waals surface area (Å²) in [7, 11) is 1.12. The Kier molecular flexibility index (Phi) is 7.22. The molecule has 0 fully saturated rings. The van der Waals surface area contributed by atoms with Crippen LogP contribution < -0.4 is 15.0 Å². The Hall–Kier alpha value is -2.89. The summed E-state index contributed by atoms with van der Waals surface area (Å²) in [6, 6.07) is 3.13. The maximum atomic E-state index is 13.0. The number of ether oxygens (including phenoxy) is 1. The second-order valence-electron chi connectivity index (χ2n) is 6.90. The lowest BCUT2D eigenvalue weighted by molar-refractivity contribution is -0.138. The monoisotopic (exact) mass is 472 g/mol. The van der Waals surface area contributed by atoms with Gasteiger partial charge in [0.25, 0.3) is 5.91 Å². The number of hydrogen-bond acceptors (Lipinski definition) is 7. The van der Waals surface area contributed by atoms with Crippen LogP contribution in [0.25, 0.3) is 0 Å². The lowest BCUT2D eigenvalue weighted by Gasteiger charge is -2.27.